The number of hydrogen-bond donors (Lipinski definition) is 2. The molecule has 0 aliphatic carbocycles. The van der Waals surface area contributed by atoms with Gasteiger partial charge in [-0.2, -0.15) is 0 Å². The number of nitrogens with one attached hydrogen (secondary N) is 1. The van der Waals surface area contributed by atoms with Gasteiger partial charge < -0.3 is 15.0 Å². The monoisotopic (exact) mass is 192 g/mol. The number of aliphatic hydroxyl groups is 1. The van der Waals surface area contributed by atoms with Gasteiger partial charge in [0.15, 0.2) is 5.82 Å². The molecule has 0 aromatic carbocycles. The van der Waals surface area contributed by atoms with Crippen LogP contribution in [0, 0.1) is 0 Å². The third kappa shape index (κ3) is 1.42. The summed E-state index contributed by atoms with van der Waals surface area (Å²) in [4.78, 5) is 8.39. The molecule has 0 unspecified atom stereocenters. The normalized spacial score (nSPS) is 10.7. The first-order valence-electron chi connectivity index (χ1n) is 4.43. The summed E-state index contributed by atoms with van der Waals surface area (Å²) in [5.74, 6) is 0.720. The van der Waals surface area contributed by atoms with Gasteiger partial charge in [0.05, 0.1) is 18.5 Å². The fourth-order valence-electron chi connectivity index (χ4n) is 1.37. The van der Waals surface area contributed by atoms with E-state index in [4.69, 9.17) is 5.11 Å². The average molecular weight is 192 g/mol. The number of aromatic nitrogens is 3. The Morgan fingerprint density at radius 2 is 2.36 bits per heavy atom. The lowest BCUT2D eigenvalue weighted by atomic mass is 10.4. The van der Waals surface area contributed by atoms with Gasteiger partial charge in [0.25, 0.3) is 0 Å². The summed E-state index contributed by atoms with van der Waals surface area (Å²) in [6.45, 7) is 0.577. The quantitative estimate of drug-likeness (QED) is 0.737. The molecule has 5 heteroatoms. The van der Waals surface area contributed by atoms with Gasteiger partial charge in [-0.05, 0) is 6.07 Å². The number of pyridine rings is 1. The van der Waals surface area contributed by atoms with Gasteiger partial charge in [-0.3, -0.25) is 0 Å². The van der Waals surface area contributed by atoms with Crippen molar-refractivity contribution in [3.05, 3.63) is 18.6 Å². The topological polar surface area (TPSA) is 63.0 Å². The molecule has 2 N–H and O–H groups in total. The summed E-state index contributed by atoms with van der Waals surface area (Å²) < 4.78 is 1.93. The molecule has 5 nitrogen and oxygen atoms in total. The van der Waals surface area contributed by atoms with Crippen molar-refractivity contribution in [3.63, 3.8) is 0 Å². The Labute approximate surface area is 81.4 Å². The van der Waals surface area contributed by atoms with E-state index in [2.05, 4.69) is 15.3 Å². The molecule has 2 rings (SSSR count). The second-order valence-corrected chi connectivity index (χ2v) is 3.03. The molecule has 0 aliphatic rings. The first-order chi connectivity index (χ1) is 6.83. The number of anilines is 1. The minimum absolute atomic E-state index is 0.0882. The fourth-order valence-corrected chi connectivity index (χ4v) is 1.37. The van der Waals surface area contributed by atoms with Gasteiger partial charge in [0.2, 0.25) is 0 Å². The van der Waals surface area contributed by atoms with Crippen molar-refractivity contribution in [2.24, 2.45) is 7.05 Å². The molecule has 0 amide bonds. The van der Waals surface area contributed by atoms with Crippen LogP contribution < -0.4 is 5.32 Å². The zero-order valence-electron chi connectivity index (χ0n) is 7.94. The molecule has 0 saturated heterocycles. The van der Waals surface area contributed by atoms with Crippen molar-refractivity contribution < 1.29 is 5.11 Å². The largest absolute Gasteiger partial charge is 0.395 e. The number of fused-ring (bicyclic) bond motifs is 1. The van der Waals surface area contributed by atoms with E-state index < -0.39 is 0 Å². The molecule has 2 aromatic rings. The molecule has 0 spiro atoms. The summed E-state index contributed by atoms with van der Waals surface area (Å²) in [6.07, 6.45) is 3.47. The van der Waals surface area contributed by atoms with Crippen LogP contribution in [0.5, 0.6) is 0 Å². The third-order valence-corrected chi connectivity index (χ3v) is 2.05. The van der Waals surface area contributed by atoms with Crippen molar-refractivity contribution in [1.82, 2.24) is 14.5 Å². The molecule has 0 radical (unpaired) electrons. The summed E-state index contributed by atoms with van der Waals surface area (Å²) >= 11 is 0. The van der Waals surface area contributed by atoms with Gasteiger partial charge in [-0.1, -0.05) is 0 Å². The van der Waals surface area contributed by atoms with E-state index in [1.807, 2.05) is 17.7 Å². The lowest BCUT2D eigenvalue weighted by Gasteiger charge is -2.03. The van der Waals surface area contributed by atoms with E-state index in [0.29, 0.717) is 6.54 Å². The zero-order valence-corrected chi connectivity index (χ0v) is 7.94. The van der Waals surface area contributed by atoms with E-state index in [-0.39, 0.29) is 6.61 Å². The maximum Gasteiger partial charge on any atom is 0.154 e. The summed E-state index contributed by atoms with van der Waals surface area (Å²) in [7, 11) is 1.94. The van der Waals surface area contributed by atoms with E-state index in [0.717, 1.165) is 16.9 Å². The number of hydrogen-bond acceptors (Lipinski definition) is 4. The number of nitrogens with zero attached hydrogens (tertiary/aromatic N) is 3. The Morgan fingerprint density at radius 3 is 3.14 bits per heavy atom. The second-order valence-electron chi connectivity index (χ2n) is 3.03. The molecule has 2 aromatic heterocycles. The molecule has 0 atom stereocenters. The fraction of sp³-hybridized carbons (Fsp3) is 0.333. The Hall–Kier alpha value is -1.62. The molecule has 14 heavy (non-hydrogen) atoms. The van der Waals surface area contributed by atoms with Crippen LogP contribution in [0.3, 0.4) is 0 Å². The van der Waals surface area contributed by atoms with Crippen LogP contribution >= 0.6 is 0 Å². The first-order valence-corrected chi connectivity index (χ1v) is 4.43. The predicted molar refractivity (Wildman–Crippen MR) is 54.1 cm³/mol. The molecular weight excluding hydrogens is 180 g/mol. The second kappa shape index (κ2) is 3.63. The molecule has 74 valence electrons. The molecule has 0 saturated carbocycles. The van der Waals surface area contributed by atoms with Gasteiger partial charge in [-0.15, -0.1) is 0 Å². The highest BCUT2D eigenvalue weighted by Gasteiger charge is 2.05. The molecular formula is C9H12N4O. The van der Waals surface area contributed by atoms with Crippen LogP contribution in [0.25, 0.3) is 11.0 Å². The Kier molecular flexibility index (Phi) is 2.32. The smallest absolute Gasteiger partial charge is 0.154 e. The minimum Gasteiger partial charge on any atom is -0.395 e. The van der Waals surface area contributed by atoms with Gasteiger partial charge >= 0.3 is 0 Å². The number of rotatable bonds is 3. The Balaban J connectivity index is 2.44. The van der Waals surface area contributed by atoms with Gasteiger partial charge in [0.1, 0.15) is 5.52 Å². The van der Waals surface area contributed by atoms with Crippen LogP contribution in [0.2, 0.25) is 0 Å². The van der Waals surface area contributed by atoms with Crippen molar-refractivity contribution in [3.8, 4) is 0 Å². The minimum atomic E-state index is 0.0882. The van der Waals surface area contributed by atoms with E-state index in [1.165, 1.54) is 0 Å². The first kappa shape index (κ1) is 8.96. The van der Waals surface area contributed by atoms with Gasteiger partial charge in [-0.25, -0.2) is 9.97 Å². The summed E-state index contributed by atoms with van der Waals surface area (Å²) in [6, 6.07) is 1.91. The highest BCUT2D eigenvalue weighted by Crippen LogP contribution is 2.17. The van der Waals surface area contributed by atoms with Crippen molar-refractivity contribution >= 4 is 16.9 Å². The van der Waals surface area contributed by atoms with Crippen LogP contribution in [0.15, 0.2) is 18.6 Å². The Bertz CT molecular complexity index is 437. The van der Waals surface area contributed by atoms with Crippen molar-refractivity contribution in [2.45, 2.75) is 0 Å². The number of aryl methyl sites for hydroxylation is 1. The highest BCUT2D eigenvalue weighted by molar-refractivity contribution is 5.85. The molecule has 0 fully saturated rings. The average Bonchev–Trinajstić information content (AvgIpc) is 2.58. The van der Waals surface area contributed by atoms with Crippen molar-refractivity contribution in [2.75, 3.05) is 18.5 Å². The van der Waals surface area contributed by atoms with Crippen LogP contribution in [0.4, 0.5) is 5.82 Å². The lowest BCUT2D eigenvalue weighted by molar-refractivity contribution is 0.311. The standard InChI is InChI=1S/C9H12N4O/c1-13-6-12-8-7(13)2-3-10-9(8)11-4-5-14/h2-3,6,14H,4-5H2,1H3,(H,10,11). The molecule has 0 aliphatic heterocycles. The molecule has 0 bridgehead atoms. The van der Waals surface area contributed by atoms with Crippen LogP contribution in [0.1, 0.15) is 0 Å². The third-order valence-electron chi connectivity index (χ3n) is 2.05. The van der Waals surface area contributed by atoms with Crippen LogP contribution in [-0.2, 0) is 7.05 Å². The summed E-state index contributed by atoms with van der Waals surface area (Å²) in [5.41, 5.74) is 1.86. The maximum atomic E-state index is 8.69. The molecule has 2 heterocycles. The number of imidazole rings is 1. The Morgan fingerprint density at radius 1 is 1.50 bits per heavy atom. The predicted octanol–water partition coefficient (Wildman–Crippen LogP) is 0.372. The van der Waals surface area contributed by atoms with E-state index in [1.54, 1.807) is 12.5 Å². The van der Waals surface area contributed by atoms with E-state index >= 15 is 0 Å². The zero-order chi connectivity index (χ0) is 9.97. The maximum absolute atomic E-state index is 8.69. The lowest BCUT2D eigenvalue weighted by Crippen LogP contribution is -2.07. The van der Waals surface area contributed by atoms with Gasteiger partial charge in [0, 0.05) is 19.8 Å². The van der Waals surface area contributed by atoms with E-state index in [9.17, 15) is 0 Å². The summed E-state index contributed by atoms with van der Waals surface area (Å²) in [5, 5.41) is 11.7. The highest BCUT2D eigenvalue weighted by atomic mass is 16.3. The SMILES string of the molecule is Cn1cnc2c(NCCO)nccc21. The van der Waals surface area contributed by atoms with Crippen LogP contribution in [-0.4, -0.2) is 32.8 Å². The number of aliphatic hydroxyl groups excluding tert-OH is 1. The van der Waals surface area contributed by atoms with Crippen molar-refractivity contribution in [1.29, 1.82) is 0 Å².